The summed E-state index contributed by atoms with van der Waals surface area (Å²) in [7, 11) is 0. The van der Waals surface area contributed by atoms with Crippen molar-refractivity contribution < 1.29 is 9.53 Å². The second-order valence-electron chi connectivity index (χ2n) is 7.13. The number of hydrogen-bond donors (Lipinski definition) is 1. The number of aromatic nitrogens is 2. The molecule has 1 amide bonds. The number of carbonyl (C=O) groups is 1. The van der Waals surface area contributed by atoms with Gasteiger partial charge in [0.25, 0.3) is 5.56 Å². The van der Waals surface area contributed by atoms with Crippen LogP contribution in [0.2, 0.25) is 0 Å². The van der Waals surface area contributed by atoms with Gasteiger partial charge in [-0.05, 0) is 38.3 Å². The van der Waals surface area contributed by atoms with Crippen molar-refractivity contribution in [3.8, 4) is 0 Å². The van der Waals surface area contributed by atoms with Gasteiger partial charge in [-0.25, -0.2) is 4.98 Å². The minimum absolute atomic E-state index is 0.0502. The van der Waals surface area contributed by atoms with Crippen molar-refractivity contribution in [3.05, 3.63) is 34.6 Å². The van der Waals surface area contributed by atoms with Crippen molar-refractivity contribution >= 4 is 28.6 Å². The highest BCUT2D eigenvalue weighted by atomic mass is 32.2. The molecule has 1 N–H and O–H groups in total. The van der Waals surface area contributed by atoms with E-state index < -0.39 is 0 Å². The molecule has 0 radical (unpaired) electrons. The maximum absolute atomic E-state index is 12.9. The molecule has 1 heterocycles. The van der Waals surface area contributed by atoms with Crippen molar-refractivity contribution in [2.24, 2.45) is 5.92 Å². The van der Waals surface area contributed by atoms with Crippen LogP contribution in [0.4, 0.5) is 0 Å². The van der Waals surface area contributed by atoms with E-state index in [-0.39, 0.29) is 23.3 Å². The Balaban J connectivity index is 2.17. The Morgan fingerprint density at radius 3 is 2.70 bits per heavy atom. The molecular weight excluding hydrogens is 362 g/mol. The topological polar surface area (TPSA) is 73.2 Å². The number of hydrogen-bond acceptors (Lipinski definition) is 5. The summed E-state index contributed by atoms with van der Waals surface area (Å²) < 4.78 is 7.24. The molecule has 0 saturated carbocycles. The lowest BCUT2D eigenvalue weighted by molar-refractivity contribution is -0.118. The van der Waals surface area contributed by atoms with Crippen LogP contribution >= 0.6 is 11.8 Å². The maximum atomic E-state index is 12.9. The Morgan fingerprint density at radius 1 is 1.26 bits per heavy atom. The quantitative estimate of drug-likeness (QED) is 0.383. The molecule has 0 unspecified atom stereocenters. The first-order chi connectivity index (χ1) is 12.9. The van der Waals surface area contributed by atoms with E-state index in [0.29, 0.717) is 48.1 Å². The van der Waals surface area contributed by atoms with Crippen LogP contribution in [0, 0.1) is 5.92 Å². The summed E-state index contributed by atoms with van der Waals surface area (Å²) >= 11 is 1.30. The molecule has 0 aliphatic heterocycles. The van der Waals surface area contributed by atoms with Gasteiger partial charge in [-0.3, -0.25) is 14.2 Å². The van der Waals surface area contributed by atoms with Crippen LogP contribution in [-0.4, -0.2) is 40.5 Å². The molecule has 27 heavy (non-hydrogen) atoms. The molecule has 0 saturated heterocycles. The van der Waals surface area contributed by atoms with E-state index >= 15 is 0 Å². The van der Waals surface area contributed by atoms with Crippen LogP contribution in [0.3, 0.4) is 0 Å². The Bertz CT molecular complexity index is 818. The predicted molar refractivity (Wildman–Crippen MR) is 110 cm³/mol. The molecule has 1 aromatic carbocycles. The van der Waals surface area contributed by atoms with Crippen LogP contribution < -0.4 is 10.9 Å². The first-order valence-electron chi connectivity index (χ1n) is 9.39. The maximum Gasteiger partial charge on any atom is 0.262 e. The van der Waals surface area contributed by atoms with E-state index in [1.54, 1.807) is 10.6 Å². The number of nitrogens with one attached hydrogen (secondary N) is 1. The SMILES string of the molecule is CC(C)CNC(=O)CSc1nc2ccccc2c(=O)n1CCCOC(C)C. The number of carbonyl (C=O) groups excluding carboxylic acids is 1. The van der Waals surface area contributed by atoms with Gasteiger partial charge in [0.1, 0.15) is 0 Å². The monoisotopic (exact) mass is 391 g/mol. The van der Waals surface area contributed by atoms with Crippen molar-refractivity contribution in [3.63, 3.8) is 0 Å². The molecule has 148 valence electrons. The Hall–Kier alpha value is -1.86. The van der Waals surface area contributed by atoms with E-state index in [2.05, 4.69) is 24.1 Å². The van der Waals surface area contributed by atoms with Gasteiger partial charge in [-0.2, -0.15) is 0 Å². The minimum atomic E-state index is -0.0739. The lowest BCUT2D eigenvalue weighted by Crippen LogP contribution is -2.29. The molecule has 0 aliphatic rings. The number of fused-ring (bicyclic) bond motifs is 1. The molecule has 0 spiro atoms. The highest BCUT2D eigenvalue weighted by Gasteiger charge is 2.13. The van der Waals surface area contributed by atoms with Crippen molar-refractivity contribution in [2.45, 2.75) is 51.9 Å². The van der Waals surface area contributed by atoms with Crippen LogP contribution in [0.25, 0.3) is 10.9 Å². The summed E-state index contributed by atoms with van der Waals surface area (Å²) in [5.41, 5.74) is 0.581. The molecule has 0 bridgehead atoms. The Labute approximate surface area is 164 Å². The van der Waals surface area contributed by atoms with Gasteiger partial charge in [0.05, 0.1) is 22.8 Å². The zero-order valence-electron chi connectivity index (χ0n) is 16.5. The number of amides is 1. The predicted octanol–water partition coefficient (Wildman–Crippen LogP) is 3.08. The first kappa shape index (κ1) is 21.4. The summed E-state index contributed by atoms with van der Waals surface area (Å²) in [4.78, 5) is 29.6. The van der Waals surface area contributed by atoms with Gasteiger partial charge in [0.2, 0.25) is 5.91 Å². The summed E-state index contributed by atoms with van der Waals surface area (Å²) in [6, 6.07) is 7.31. The van der Waals surface area contributed by atoms with Crippen molar-refractivity contribution in [1.29, 1.82) is 0 Å². The first-order valence-corrected chi connectivity index (χ1v) is 10.4. The Morgan fingerprint density at radius 2 is 2.00 bits per heavy atom. The van der Waals surface area contributed by atoms with E-state index in [1.165, 1.54) is 11.8 Å². The normalized spacial score (nSPS) is 11.5. The van der Waals surface area contributed by atoms with E-state index in [4.69, 9.17) is 4.74 Å². The molecule has 0 fully saturated rings. The molecule has 6 nitrogen and oxygen atoms in total. The van der Waals surface area contributed by atoms with Gasteiger partial charge >= 0.3 is 0 Å². The zero-order chi connectivity index (χ0) is 19.8. The molecule has 0 aliphatic carbocycles. The number of thioether (sulfide) groups is 1. The molecular formula is C20H29N3O3S. The van der Waals surface area contributed by atoms with Gasteiger partial charge < -0.3 is 10.1 Å². The zero-order valence-corrected chi connectivity index (χ0v) is 17.3. The van der Waals surface area contributed by atoms with E-state index in [1.807, 2.05) is 32.0 Å². The average Bonchev–Trinajstić information content (AvgIpc) is 2.63. The standard InChI is InChI=1S/C20H29N3O3S/c1-14(2)12-21-18(24)13-27-20-22-17-9-6-5-8-16(17)19(25)23(20)10-7-11-26-15(3)4/h5-6,8-9,14-15H,7,10-13H2,1-4H3,(H,21,24). The Kier molecular flexibility index (Phi) is 8.31. The van der Waals surface area contributed by atoms with Crippen LogP contribution in [-0.2, 0) is 16.1 Å². The second-order valence-corrected chi connectivity index (χ2v) is 8.07. The molecule has 1 aromatic heterocycles. The van der Waals surface area contributed by atoms with E-state index in [0.717, 1.165) is 0 Å². The van der Waals surface area contributed by atoms with E-state index in [9.17, 15) is 9.59 Å². The van der Waals surface area contributed by atoms with Gasteiger partial charge in [-0.1, -0.05) is 37.7 Å². The van der Waals surface area contributed by atoms with Crippen molar-refractivity contribution in [1.82, 2.24) is 14.9 Å². The van der Waals surface area contributed by atoms with Gasteiger partial charge in [0.15, 0.2) is 5.16 Å². The third-order valence-corrected chi connectivity index (χ3v) is 4.82. The van der Waals surface area contributed by atoms with Gasteiger partial charge in [-0.15, -0.1) is 0 Å². The summed E-state index contributed by atoms with van der Waals surface area (Å²) in [6.07, 6.45) is 0.875. The molecule has 2 aromatic rings. The highest BCUT2D eigenvalue weighted by molar-refractivity contribution is 7.99. The largest absolute Gasteiger partial charge is 0.379 e. The second kappa shape index (κ2) is 10.5. The fourth-order valence-electron chi connectivity index (χ4n) is 2.50. The summed E-state index contributed by atoms with van der Waals surface area (Å²) in [5.74, 6) is 0.586. The molecule has 7 heteroatoms. The smallest absolute Gasteiger partial charge is 0.262 e. The molecule has 2 rings (SSSR count). The number of para-hydroxylation sites is 1. The van der Waals surface area contributed by atoms with Gasteiger partial charge in [0, 0.05) is 19.7 Å². The third-order valence-electron chi connectivity index (χ3n) is 3.84. The van der Waals surface area contributed by atoms with Crippen molar-refractivity contribution in [2.75, 3.05) is 18.9 Å². The van der Waals surface area contributed by atoms with Crippen LogP contribution in [0.1, 0.15) is 34.1 Å². The lowest BCUT2D eigenvalue weighted by atomic mass is 10.2. The summed E-state index contributed by atoms with van der Waals surface area (Å²) in [6.45, 7) is 9.81. The molecule has 0 atom stereocenters. The fraction of sp³-hybridized carbons (Fsp3) is 0.550. The van der Waals surface area contributed by atoms with Crippen LogP contribution in [0.15, 0.2) is 34.2 Å². The highest BCUT2D eigenvalue weighted by Crippen LogP contribution is 2.18. The van der Waals surface area contributed by atoms with Crippen LogP contribution in [0.5, 0.6) is 0 Å². The average molecular weight is 392 g/mol. The number of rotatable bonds is 10. The number of nitrogens with zero attached hydrogens (tertiary/aromatic N) is 2. The fourth-order valence-corrected chi connectivity index (χ4v) is 3.35. The minimum Gasteiger partial charge on any atom is -0.379 e. The number of ether oxygens (including phenoxy) is 1. The third kappa shape index (κ3) is 6.66. The summed E-state index contributed by atoms with van der Waals surface area (Å²) in [5, 5.41) is 4.06. The lowest BCUT2D eigenvalue weighted by Gasteiger charge is -2.14. The number of benzene rings is 1.